The van der Waals surface area contributed by atoms with Crippen molar-refractivity contribution in [3.63, 3.8) is 0 Å². The van der Waals surface area contributed by atoms with E-state index in [4.69, 9.17) is 14.2 Å². The molecule has 0 saturated carbocycles. The summed E-state index contributed by atoms with van der Waals surface area (Å²) in [7, 11) is 4.63. The summed E-state index contributed by atoms with van der Waals surface area (Å²) in [5, 5.41) is 4.02. The van der Waals surface area contributed by atoms with E-state index in [9.17, 15) is 4.79 Å². The topological polar surface area (TPSA) is 87.0 Å². The molecule has 2 aromatic carbocycles. The van der Waals surface area contributed by atoms with Crippen molar-refractivity contribution in [3.8, 4) is 17.2 Å². The van der Waals surface area contributed by atoms with Crippen LogP contribution in [0.4, 0.5) is 0 Å². The van der Waals surface area contributed by atoms with Crippen LogP contribution in [0.2, 0.25) is 0 Å². The largest absolute Gasteiger partial charge is 0.496 e. The quantitative estimate of drug-likeness (QED) is 0.510. The van der Waals surface area contributed by atoms with Crippen molar-refractivity contribution in [1.29, 1.82) is 0 Å². The molecule has 27 heavy (non-hydrogen) atoms. The maximum absolute atomic E-state index is 12.2. The van der Waals surface area contributed by atoms with E-state index >= 15 is 0 Å². The number of imidazole rings is 1. The van der Waals surface area contributed by atoms with Crippen LogP contribution in [-0.2, 0) is 11.3 Å². The van der Waals surface area contributed by atoms with Crippen LogP contribution in [0.5, 0.6) is 17.2 Å². The molecule has 0 unspecified atom stereocenters. The molecule has 8 heteroatoms. The highest BCUT2D eigenvalue weighted by molar-refractivity contribution is 5.89. The van der Waals surface area contributed by atoms with Gasteiger partial charge in [-0.15, -0.1) is 0 Å². The number of para-hydroxylation sites is 2. The van der Waals surface area contributed by atoms with Crippen molar-refractivity contribution >= 4 is 23.2 Å². The van der Waals surface area contributed by atoms with Gasteiger partial charge in [0.1, 0.15) is 23.8 Å². The molecule has 3 rings (SSSR count). The summed E-state index contributed by atoms with van der Waals surface area (Å²) in [5.74, 6) is 1.35. The second-order valence-electron chi connectivity index (χ2n) is 5.60. The van der Waals surface area contributed by atoms with Gasteiger partial charge in [0, 0.05) is 12.1 Å². The normalized spacial score (nSPS) is 10.9. The summed E-state index contributed by atoms with van der Waals surface area (Å²) in [4.78, 5) is 16.5. The van der Waals surface area contributed by atoms with Crippen LogP contribution < -0.4 is 19.6 Å². The molecular formula is C19H20N4O4. The van der Waals surface area contributed by atoms with Crippen LogP contribution >= 0.6 is 0 Å². The minimum absolute atomic E-state index is 0.106. The first-order valence-electron chi connectivity index (χ1n) is 8.18. The number of benzene rings is 2. The van der Waals surface area contributed by atoms with Crippen LogP contribution in [0, 0.1) is 0 Å². The Morgan fingerprint density at radius 1 is 1.15 bits per heavy atom. The molecule has 0 saturated heterocycles. The van der Waals surface area contributed by atoms with Gasteiger partial charge in [0.2, 0.25) is 0 Å². The molecule has 1 N–H and O–H groups in total. The third kappa shape index (κ3) is 4.00. The molecule has 8 nitrogen and oxygen atoms in total. The first-order chi connectivity index (χ1) is 13.2. The first-order valence-corrected chi connectivity index (χ1v) is 8.18. The molecule has 1 amide bonds. The number of rotatable bonds is 7. The second-order valence-corrected chi connectivity index (χ2v) is 5.60. The lowest BCUT2D eigenvalue weighted by atomic mass is 10.2. The van der Waals surface area contributed by atoms with Crippen molar-refractivity contribution < 1.29 is 19.0 Å². The Kier molecular flexibility index (Phi) is 5.55. The zero-order valence-electron chi connectivity index (χ0n) is 15.3. The zero-order valence-corrected chi connectivity index (χ0v) is 15.3. The lowest BCUT2D eigenvalue weighted by Gasteiger charge is -2.12. The molecule has 0 aliphatic carbocycles. The second kappa shape index (κ2) is 8.22. The van der Waals surface area contributed by atoms with E-state index in [1.165, 1.54) is 20.4 Å². The number of fused-ring (bicyclic) bond motifs is 1. The predicted molar refractivity (Wildman–Crippen MR) is 102 cm³/mol. The van der Waals surface area contributed by atoms with Gasteiger partial charge in [-0.1, -0.05) is 12.1 Å². The summed E-state index contributed by atoms with van der Waals surface area (Å²) >= 11 is 0. The van der Waals surface area contributed by atoms with E-state index in [-0.39, 0.29) is 12.5 Å². The highest BCUT2D eigenvalue weighted by atomic mass is 16.5. The molecule has 140 valence electrons. The summed E-state index contributed by atoms with van der Waals surface area (Å²) in [6.07, 6.45) is 3.10. The highest BCUT2D eigenvalue weighted by Gasteiger charge is 2.12. The fourth-order valence-electron chi connectivity index (χ4n) is 2.66. The Labute approximate surface area is 156 Å². The first kappa shape index (κ1) is 18.2. The van der Waals surface area contributed by atoms with Crippen LogP contribution in [-0.4, -0.2) is 43.0 Å². The van der Waals surface area contributed by atoms with Gasteiger partial charge < -0.3 is 18.8 Å². The van der Waals surface area contributed by atoms with Crippen molar-refractivity contribution in [2.24, 2.45) is 5.10 Å². The van der Waals surface area contributed by atoms with E-state index in [2.05, 4.69) is 15.5 Å². The molecule has 3 aromatic rings. The molecule has 0 radical (unpaired) electrons. The minimum atomic E-state index is -0.277. The van der Waals surface area contributed by atoms with E-state index in [1.54, 1.807) is 30.1 Å². The number of nitrogens with one attached hydrogen (secondary N) is 1. The molecule has 0 atom stereocenters. The smallest absolute Gasteiger partial charge is 0.260 e. The Balaban J connectivity index is 1.72. The summed E-state index contributed by atoms with van der Waals surface area (Å²) < 4.78 is 17.7. The molecule has 0 aliphatic rings. The molecular weight excluding hydrogens is 348 g/mol. The van der Waals surface area contributed by atoms with Crippen LogP contribution in [0.3, 0.4) is 0 Å². The lowest BCUT2D eigenvalue weighted by Crippen LogP contribution is -2.22. The Bertz CT molecular complexity index is 956. The number of amides is 1. The van der Waals surface area contributed by atoms with Gasteiger partial charge in [-0.3, -0.25) is 4.79 Å². The maximum atomic E-state index is 12.2. The standard InChI is InChI=1S/C19H20N4O4/c1-25-13-8-17(26-2)14(18(9-13)27-3)10-21-22-19(24)11-23-12-20-15-6-4-5-7-16(15)23/h4-10,12H,11H2,1-3H3,(H,22,24)/b21-10+. The maximum Gasteiger partial charge on any atom is 0.260 e. The van der Waals surface area contributed by atoms with Gasteiger partial charge in [-0.25, -0.2) is 10.4 Å². The summed E-state index contributed by atoms with van der Waals surface area (Å²) in [5.41, 5.74) is 4.82. The number of hydrazone groups is 1. The molecule has 0 fully saturated rings. The summed E-state index contributed by atoms with van der Waals surface area (Å²) in [6, 6.07) is 11.0. The number of ether oxygens (including phenoxy) is 3. The van der Waals surface area contributed by atoms with E-state index in [0.717, 1.165) is 11.0 Å². The molecule has 0 spiro atoms. The number of nitrogens with zero attached hydrogens (tertiary/aromatic N) is 3. The number of carbonyl (C=O) groups is 1. The molecule has 0 aliphatic heterocycles. The predicted octanol–water partition coefficient (Wildman–Crippen LogP) is 2.21. The Morgan fingerprint density at radius 2 is 1.85 bits per heavy atom. The Morgan fingerprint density at radius 3 is 2.52 bits per heavy atom. The summed E-state index contributed by atoms with van der Waals surface area (Å²) in [6.45, 7) is 0.106. The van der Waals surface area contributed by atoms with E-state index in [1.807, 2.05) is 24.3 Å². The van der Waals surface area contributed by atoms with Crippen molar-refractivity contribution in [3.05, 3.63) is 48.3 Å². The van der Waals surface area contributed by atoms with Crippen molar-refractivity contribution in [2.75, 3.05) is 21.3 Å². The van der Waals surface area contributed by atoms with E-state index in [0.29, 0.717) is 22.8 Å². The van der Waals surface area contributed by atoms with Gasteiger partial charge in [0.25, 0.3) is 5.91 Å². The van der Waals surface area contributed by atoms with Gasteiger partial charge in [-0.05, 0) is 12.1 Å². The number of hydrogen-bond acceptors (Lipinski definition) is 6. The number of carbonyl (C=O) groups excluding carboxylic acids is 1. The fourth-order valence-corrected chi connectivity index (χ4v) is 2.66. The lowest BCUT2D eigenvalue weighted by molar-refractivity contribution is -0.121. The number of methoxy groups -OCH3 is 3. The monoisotopic (exact) mass is 368 g/mol. The van der Waals surface area contributed by atoms with Crippen LogP contribution in [0.1, 0.15) is 5.56 Å². The van der Waals surface area contributed by atoms with Gasteiger partial charge >= 0.3 is 0 Å². The average Bonchev–Trinajstić information content (AvgIpc) is 3.10. The van der Waals surface area contributed by atoms with Crippen molar-refractivity contribution in [1.82, 2.24) is 15.0 Å². The molecule has 1 aromatic heterocycles. The van der Waals surface area contributed by atoms with Crippen LogP contribution in [0.15, 0.2) is 47.8 Å². The van der Waals surface area contributed by atoms with E-state index < -0.39 is 0 Å². The van der Waals surface area contributed by atoms with Crippen molar-refractivity contribution in [2.45, 2.75) is 6.54 Å². The van der Waals surface area contributed by atoms with Gasteiger partial charge in [0.15, 0.2) is 0 Å². The van der Waals surface area contributed by atoms with Gasteiger partial charge in [0.05, 0.1) is 50.5 Å². The number of aromatic nitrogens is 2. The third-order valence-corrected chi connectivity index (χ3v) is 3.98. The van der Waals surface area contributed by atoms with Gasteiger partial charge in [-0.2, -0.15) is 5.10 Å². The fraction of sp³-hybridized carbons (Fsp3) is 0.211. The molecule has 0 bridgehead atoms. The zero-order chi connectivity index (χ0) is 19.2. The highest BCUT2D eigenvalue weighted by Crippen LogP contribution is 2.32. The average molecular weight is 368 g/mol. The van der Waals surface area contributed by atoms with Crippen LogP contribution in [0.25, 0.3) is 11.0 Å². The minimum Gasteiger partial charge on any atom is -0.496 e. The number of hydrogen-bond donors (Lipinski definition) is 1. The third-order valence-electron chi connectivity index (χ3n) is 3.98. The Hall–Kier alpha value is -3.55. The molecule has 1 heterocycles. The SMILES string of the molecule is COc1cc(OC)c(/C=N/NC(=O)Cn2cnc3ccccc32)c(OC)c1.